The summed E-state index contributed by atoms with van der Waals surface area (Å²) in [6, 6.07) is 5.38. The number of sulfonamides is 1. The topological polar surface area (TPSA) is 99.0 Å². The summed E-state index contributed by atoms with van der Waals surface area (Å²) in [6.07, 6.45) is 7.80. The number of nitrogens with one attached hydrogen (secondary N) is 1. The third kappa shape index (κ3) is 4.64. The minimum Gasteiger partial charge on any atom is -0.488 e. The second-order valence-corrected chi connectivity index (χ2v) is 9.40. The van der Waals surface area contributed by atoms with E-state index in [1.54, 1.807) is 6.20 Å². The zero-order valence-corrected chi connectivity index (χ0v) is 18.3. The van der Waals surface area contributed by atoms with E-state index in [9.17, 15) is 12.8 Å². The molecule has 0 amide bonds. The molecule has 1 saturated carbocycles. The molecule has 31 heavy (non-hydrogen) atoms. The van der Waals surface area contributed by atoms with Crippen LogP contribution in [0.2, 0.25) is 5.02 Å². The number of rotatable bonds is 6. The predicted octanol–water partition coefficient (Wildman–Crippen LogP) is 3.91. The Bertz CT molecular complexity index is 1170. The van der Waals surface area contributed by atoms with Gasteiger partial charge in [-0.1, -0.05) is 18.0 Å². The Balaban J connectivity index is 1.59. The van der Waals surface area contributed by atoms with Gasteiger partial charge < -0.3 is 4.74 Å². The van der Waals surface area contributed by atoms with E-state index in [1.165, 1.54) is 18.6 Å². The molecule has 1 aromatic carbocycles. The standard InChI is InChI=1S/C20H21ClFN5O3S/c1-27-16(6-9-25-27)13-4-2-3-5-17(13)30-18-11-15(22)19(10-14(18)21)31(28,29)26-20-7-8-23-12-24-20/h6-13,17H,2-5H2,1H3,(H,23,24,26)/t13-,17+/m0/s1. The van der Waals surface area contributed by atoms with Gasteiger partial charge in [-0.05, 0) is 37.5 Å². The van der Waals surface area contributed by atoms with Gasteiger partial charge in [0.05, 0.1) is 5.02 Å². The minimum absolute atomic E-state index is 0.0128. The maximum atomic E-state index is 14.8. The van der Waals surface area contributed by atoms with Crippen LogP contribution in [-0.4, -0.2) is 34.3 Å². The maximum Gasteiger partial charge on any atom is 0.266 e. The fourth-order valence-electron chi connectivity index (χ4n) is 3.84. The molecule has 2 aromatic heterocycles. The van der Waals surface area contributed by atoms with Crippen molar-refractivity contribution in [3.8, 4) is 5.75 Å². The molecule has 4 rings (SSSR count). The molecular formula is C20H21ClFN5O3S. The van der Waals surface area contributed by atoms with Gasteiger partial charge in [-0.2, -0.15) is 5.10 Å². The van der Waals surface area contributed by atoms with Gasteiger partial charge in [0.2, 0.25) is 0 Å². The van der Waals surface area contributed by atoms with Crippen LogP contribution in [0.3, 0.4) is 0 Å². The fourth-order valence-corrected chi connectivity index (χ4v) is 5.21. The Labute approximate surface area is 184 Å². The first-order valence-corrected chi connectivity index (χ1v) is 11.6. The van der Waals surface area contributed by atoms with Gasteiger partial charge in [-0.3, -0.25) is 9.40 Å². The number of benzene rings is 1. The molecule has 0 aliphatic heterocycles. The fraction of sp³-hybridized carbons (Fsp3) is 0.350. The van der Waals surface area contributed by atoms with Crippen molar-refractivity contribution in [2.45, 2.75) is 42.6 Å². The second-order valence-electron chi connectivity index (χ2n) is 7.34. The Morgan fingerprint density at radius 2 is 2.03 bits per heavy atom. The van der Waals surface area contributed by atoms with Crippen LogP contribution in [0, 0.1) is 5.82 Å². The summed E-state index contributed by atoms with van der Waals surface area (Å²) in [5.74, 6) is -0.747. The highest BCUT2D eigenvalue weighted by atomic mass is 35.5. The van der Waals surface area contributed by atoms with Crippen molar-refractivity contribution in [1.29, 1.82) is 0 Å². The highest BCUT2D eigenvalue weighted by molar-refractivity contribution is 7.92. The van der Waals surface area contributed by atoms with E-state index in [0.717, 1.165) is 43.5 Å². The van der Waals surface area contributed by atoms with E-state index < -0.39 is 20.7 Å². The summed E-state index contributed by atoms with van der Waals surface area (Å²) >= 11 is 6.31. The lowest BCUT2D eigenvalue weighted by Gasteiger charge is -2.32. The lowest BCUT2D eigenvalue weighted by molar-refractivity contribution is 0.126. The van der Waals surface area contributed by atoms with Gasteiger partial charge >= 0.3 is 0 Å². The zero-order chi connectivity index (χ0) is 22.0. The number of hydrogen-bond acceptors (Lipinski definition) is 6. The summed E-state index contributed by atoms with van der Waals surface area (Å²) in [7, 11) is -2.36. The van der Waals surface area contributed by atoms with E-state index >= 15 is 0 Å². The average Bonchev–Trinajstić information content (AvgIpc) is 3.17. The first kappa shape index (κ1) is 21.5. The lowest BCUT2D eigenvalue weighted by atomic mass is 9.84. The molecule has 164 valence electrons. The average molecular weight is 466 g/mol. The molecule has 1 aliphatic rings. The summed E-state index contributed by atoms with van der Waals surface area (Å²) in [4.78, 5) is 6.91. The van der Waals surface area contributed by atoms with Gasteiger partial charge in [0.15, 0.2) is 0 Å². The zero-order valence-electron chi connectivity index (χ0n) is 16.7. The van der Waals surface area contributed by atoms with Crippen molar-refractivity contribution in [2.24, 2.45) is 7.05 Å². The van der Waals surface area contributed by atoms with Crippen LogP contribution < -0.4 is 9.46 Å². The summed E-state index contributed by atoms with van der Waals surface area (Å²) in [5.41, 5.74) is 1.04. The molecule has 0 radical (unpaired) electrons. The van der Waals surface area contributed by atoms with E-state index in [-0.39, 0.29) is 28.6 Å². The Hall–Kier alpha value is -2.72. The third-order valence-electron chi connectivity index (χ3n) is 5.32. The number of halogens is 2. The molecule has 2 heterocycles. The van der Waals surface area contributed by atoms with Gasteiger partial charge in [0.25, 0.3) is 10.0 Å². The molecule has 8 nitrogen and oxygen atoms in total. The minimum atomic E-state index is -4.24. The Morgan fingerprint density at radius 1 is 1.23 bits per heavy atom. The van der Waals surface area contributed by atoms with Crippen molar-refractivity contribution >= 4 is 27.4 Å². The summed E-state index contributed by atoms with van der Waals surface area (Å²) in [5, 5.41) is 4.24. The monoisotopic (exact) mass is 465 g/mol. The van der Waals surface area contributed by atoms with Crippen molar-refractivity contribution in [3.63, 3.8) is 0 Å². The highest BCUT2D eigenvalue weighted by Crippen LogP contribution is 2.38. The summed E-state index contributed by atoms with van der Waals surface area (Å²) < 4.78 is 50.1. The van der Waals surface area contributed by atoms with Crippen LogP contribution in [-0.2, 0) is 17.1 Å². The molecule has 0 saturated heterocycles. The Kier molecular flexibility index (Phi) is 6.10. The van der Waals surface area contributed by atoms with Crippen LogP contribution in [0.1, 0.15) is 37.3 Å². The van der Waals surface area contributed by atoms with Gasteiger partial charge in [-0.25, -0.2) is 22.8 Å². The number of ether oxygens (including phenoxy) is 1. The smallest absolute Gasteiger partial charge is 0.266 e. The maximum absolute atomic E-state index is 14.8. The molecule has 0 spiro atoms. The van der Waals surface area contributed by atoms with Crippen LogP contribution in [0.4, 0.5) is 10.2 Å². The van der Waals surface area contributed by atoms with Crippen molar-refractivity contribution in [1.82, 2.24) is 19.7 Å². The molecular weight excluding hydrogens is 445 g/mol. The molecule has 0 unspecified atom stereocenters. The molecule has 1 N–H and O–H groups in total. The van der Waals surface area contributed by atoms with E-state index in [2.05, 4.69) is 19.8 Å². The van der Waals surface area contributed by atoms with Crippen LogP contribution in [0.15, 0.2) is 47.9 Å². The number of hydrogen-bond donors (Lipinski definition) is 1. The van der Waals surface area contributed by atoms with Crippen molar-refractivity contribution in [3.05, 3.63) is 59.5 Å². The first-order chi connectivity index (χ1) is 14.8. The van der Waals surface area contributed by atoms with E-state index in [1.807, 2.05) is 17.8 Å². The molecule has 1 aliphatic carbocycles. The van der Waals surface area contributed by atoms with Crippen molar-refractivity contribution in [2.75, 3.05) is 4.72 Å². The number of aromatic nitrogens is 4. The first-order valence-electron chi connectivity index (χ1n) is 9.77. The van der Waals surface area contributed by atoms with E-state index in [4.69, 9.17) is 16.3 Å². The van der Waals surface area contributed by atoms with Crippen LogP contribution >= 0.6 is 11.6 Å². The number of anilines is 1. The van der Waals surface area contributed by atoms with E-state index in [0.29, 0.717) is 0 Å². The normalized spacial score (nSPS) is 19.2. The SMILES string of the molecule is Cn1nccc1[C@@H]1CCCC[C@H]1Oc1cc(F)c(S(=O)(=O)Nc2ccncn2)cc1Cl. The quantitative estimate of drug-likeness (QED) is 0.592. The number of aryl methyl sites for hydroxylation is 1. The molecule has 3 aromatic rings. The van der Waals surface area contributed by atoms with Gasteiger partial charge in [0, 0.05) is 37.1 Å². The highest BCUT2D eigenvalue weighted by Gasteiger charge is 2.31. The number of nitrogens with zero attached hydrogens (tertiary/aromatic N) is 4. The Morgan fingerprint density at radius 3 is 2.74 bits per heavy atom. The largest absolute Gasteiger partial charge is 0.488 e. The second kappa shape index (κ2) is 8.80. The predicted molar refractivity (Wildman–Crippen MR) is 113 cm³/mol. The molecule has 2 atom stereocenters. The van der Waals surface area contributed by atoms with Gasteiger partial charge in [-0.15, -0.1) is 0 Å². The van der Waals surface area contributed by atoms with Gasteiger partial charge in [0.1, 0.15) is 34.7 Å². The molecule has 1 fully saturated rings. The summed E-state index contributed by atoms with van der Waals surface area (Å²) in [6.45, 7) is 0. The third-order valence-corrected chi connectivity index (χ3v) is 6.98. The van der Waals surface area contributed by atoms with Crippen LogP contribution in [0.5, 0.6) is 5.75 Å². The van der Waals surface area contributed by atoms with Crippen LogP contribution in [0.25, 0.3) is 0 Å². The lowest BCUT2D eigenvalue weighted by Crippen LogP contribution is -2.30. The van der Waals surface area contributed by atoms with Crippen molar-refractivity contribution < 1.29 is 17.5 Å². The molecule has 0 bridgehead atoms. The molecule has 11 heteroatoms.